The van der Waals surface area contributed by atoms with Crippen molar-refractivity contribution in [2.24, 2.45) is 0 Å². The molecule has 1 aliphatic rings. The Morgan fingerprint density at radius 1 is 0.927 bits per heavy atom. The summed E-state index contributed by atoms with van der Waals surface area (Å²) in [5.74, 6) is 1.77. The molecule has 1 heterocycles. The molecule has 0 saturated heterocycles. The highest BCUT2D eigenvalue weighted by Crippen LogP contribution is 2.27. The van der Waals surface area contributed by atoms with E-state index in [0.29, 0.717) is 18.2 Å². The zero-order valence-electron chi connectivity index (χ0n) is 25.1. The highest BCUT2D eigenvalue weighted by Gasteiger charge is 2.14. The van der Waals surface area contributed by atoms with E-state index in [1.165, 1.54) is 76.2 Å². The fourth-order valence-corrected chi connectivity index (χ4v) is 6.00. The van der Waals surface area contributed by atoms with Gasteiger partial charge in [-0.1, -0.05) is 107 Å². The third kappa shape index (κ3) is 13.9. The first-order valence-electron chi connectivity index (χ1n) is 15.4. The average Bonchev–Trinajstić information content (AvgIpc) is 3.46. The summed E-state index contributed by atoms with van der Waals surface area (Å²) in [6.07, 6.45) is 18.8. The highest BCUT2D eigenvalue weighted by atomic mass is 79.9. The van der Waals surface area contributed by atoms with E-state index in [0.717, 1.165) is 42.3 Å². The van der Waals surface area contributed by atoms with Crippen molar-refractivity contribution >= 4 is 51.9 Å². The van der Waals surface area contributed by atoms with Crippen LogP contribution in [0.15, 0.2) is 54.1 Å². The summed E-state index contributed by atoms with van der Waals surface area (Å²) in [6.45, 7) is 6.06. The summed E-state index contributed by atoms with van der Waals surface area (Å²) in [4.78, 5) is 16.7. The van der Waals surface area contributed by atoms with Gasteiger partial charge in [-0.15, -0.1) is 28.7 Å². The lowest BCUT2D eigenvalue weighted by atomic mass is 10.1. The van der Waals surface area contributed by atoms with Gasteiger partial charge >= 0.3 is 0 Å². The van der Waals surface area contributed by atoms with Crippen molar-refractivity contribution < 1.29 is 9.53 Å². The van der Waals surface area contributed by atoms with Crippen molar-refractivity contribution in [3.8, 4) is 5.75 Å². The second-order valence-electron chi connectivity index (χ2n) is 10.9. The third-order valence-corrected chi connectivity index (χ3v) is 8.58. The van der Waals surface area contributed by atoms with Crippen LogP contribution in [0.25, 0.3) is 0 Å². The SMILES string of the molecule is Br.CCCCCCCCCCCCCCOc1cc(CCN(C(C)=O)c2cccc(CN3C=CSC3)c2)ccc1Cl. The fourth-order valence-electron chi connectivity index (χ4n) is 5.11. The molecule has 0 radical (unpaired) electrons. The second-order valence-corrected chi connectivity index (χ2v) is 12.2. The maximum Gasteiger partial charge on any atom is 0.223 e. The van der Waals surface area contributed by atoms with Gasteiger partial charge in [0.05, 0.1) is 17.5 Å². The molecule has 0 fully saturated rings. The van der Waals surface area contributed by atoms with E-state index in [9.17, 15) is 4.79 Å². The molecule has 2 aromatic rings. The van der Waals surface area contributed by atoms with Gasteiger partial charge in [0, 0.05) is 31.9 Å². The van der Waals surface area contributed by atoms with Crippen LogP contribution in [0.3, 0.4) is 0 Å². The van der Waals surface area contributed by atoms with Crippen molar-refractivity contribution in [2.45, 2.75) is 104 Å². The lowest BCUT2D eigenvalue weighted by Gasteiger charge is -2.23. The molecule has 0 atom stereocenters. The Labute approximate surface area is 269 Å². The number of rotatable bonds is 20. The predicted molar refractivity (Wildman–Crippen MR) is 184 cm³/mol. The quantitative estimate of drug-likeness (QED) is 0.132. The number of carbonyl (C=O) groups is 1. The second kappa shape index (κ2) is 21.1. The van der Waals surface area contributed by atoms with Crippen LogP contribution in [-0.2, 0) is 17.8 Å². The van der Waals surface area contributed by atoms with E-state index in [1.54, 1.807) is 18.7 Å². The van der Waals surface area contributed by atoms with E-state index in [-0.39, 0.29) is 22.9 Å². The van der Waals surface area contributed by atoms with Gasteiger partial charge in [-0.25, -0.2) is 0 Å². The number of hydrogen-bond acceptors (Lipinski definition) is 4. The Morgan fingerprint density at radius 2 is 1.61 bits per heavy atom. The monoisotopic (exact) mass is 664 g/mol. The van der Waals surface area contributed by atoms with Crippen LogP contribution in [0.5, 0.6) is 5.75 Å². The van der Waals surface area contributed by atoms with Gasteiger partial charge < -0.3 is 14.5 Å². The third-order valence-electron chi connectivity index (χ3n) is 7.47. The molecule has 0 saturated carbocycles. The lowest BCUT2D eigenvalue weighted by molar-refractivity contribution is -0.116. The predicted octanol–water partition coefficient (Wildman–Crippen LogP) is 10.6. The fraction of sp³-hybridized carbons (Fsp3) is 0.559. The van der Waals surface area contributed by atoms with Crippen molar-refractivity contribution in [2.75, 3.05) is 23.9 Å². The minimum absolute atomic E-state index is 0. The largest absolute Gasteiger partial charge is 0.492 e. The number of benzene rings is 2. The minimum atomic E-state index is 0. The summed E-state index contributed by atoms with van der Waals surface area (Å²) >= 11 is 8.24. The molecule has 7 heteroatoms. The zero-order valence-corrected chi connectivity index (χ0v) is 28.4. The number of unbranched alkanes of at least 4 members (excludes halogenated alkanes) is 11. The number of nitrogens with zero attached hydrogens (tertiary/aromatic N) is 2. The highest BCUT2D eigenvalue weighted by molar-refractivity contribution is 8.93. The number of anilines is 1. The molecule has 0 N–H and O–H groups in total. The Morgan fingerprint density at radius 3 is 2.24 bits per heavy atom. The van der Waals surface area contributed by atoms with Gasteiger partial charge in [0.25, 0.3) is 0 Å². The van der Waals surface area contributed by atoms with Crippen LogP contribution in [-0.4, -0.2) is 29.8 Å². The molecule has 2 aromatic carbocycles. The van der Waals surface area contributed by atoms with Crippen molar-refractivity contribution in [3.63, 3.8) is 0 Å². The molecule has 1 aliphatic heterocycles. The molecule has 0 spiro atoms. The molecule has 1 amide bonds. The van der Waals surface area contributed by atoms with E-state index in [2.05, 4.69) is 35.6 Å². The summed E-state index contributed by atoms with van der Waals surface area (Å²) in [6, 6.07) is 14.3. The molecule has 0 unspecified atom stereocenters. The Hall–Kier alpha value is -1.63. The maximum atomic E-state index is 12.5. The van der Waals surface area contributed by atoms with E-state index in [4.69, 9.17) is 16.3 Å². The molecular formula is C34H50BrClN2O2S. The van der Waals surface area contributed by atoms with E-state index >= 15 is 0 Å². The first kappa shape index (κ1) is 35.6. The van der Waals surface area contributed by atoms with Gasteiger partial charge in [-0.2, -0.15) is 0 Å². The van der Waals surface area contributed by atoms with Crippen molar-refractivity contribution in [1.29, 1.82) is 0 Å². The van der Waals surface area contributed by atoms with E-state index in [1.807, 2.05) is 35.2 Å². The van der Waals surface area contributed by atoms with Crippen LogP contribution >= 0.6 is 40.3 Å². The molecular weight excluding hydrogens is 616 g/mol. The number of hydrogen-bond donors (Lipinski definition) is 0. The molecule has 228 valence electrons. The zero-order chi connectivity index (χ0) is 28.4. The van der Waals surface area contributed by atoms with Gasteiger partial charge in [0.1, 0.15) is 5.75 Å². The normalized spacial score (nSPS) is 12.4. The van der Waals surface area contributed by atoms with Gasteiger partial charge in [-0.05, 0) is 53.6 Å². The van der Waals surface area contributed by atoms with E-state index < -0.39 is 0 Å². The molecule has 41 heavy (non-hydrogen) atoms. The van der Waals surface area contributed by atoms with Gasteiger partial charge in [-0.3, -0.25) is 4.79 Å². The first-order chi connectivity index (χ1) is 19.6. The Balaban J connectivity index is 0.00000588. The summed E-state index contributed by atoms with van der Waals surface area (Å²) < 4.78 is 6.06. The number of ether oxygens (including phenoxy) is 1. The molecule has 0 bridgehead atoms. The van der Waals surface area contributed by atoms with Crippen LogP contribution in [0, 0.1) is 0 Å². The molecule has 0 aliphatic carbocycles. The summed E-state index contributed by atoms with van der Waals surface area (Å²) in [7, 11) is 0. The molecule has 0 aromatic heterocycles. The van der Waals surface area contributed by atoms with Gasteiger partial charge in [0.15, 0.2) is 0 Å². The van der Waals surface area contributed by atoms with Crippen molar-refractivity contribution in [3.05, 3.63) is 70.2 Å². The molecule has 3 rings (SSSR count). The maximum absolute atomic E-state index is 12.5. The lowest BCUT2D eigenvalue weighted by Crippen LogP contribution is -2.30. The van der Waals surface area contributed by atoms with Gasteiger partial charge in [0.2, 0.25) is 5.91 Å². The number of carbonyl (C=O) groups excluding carboxylic acids is 1. The standard InChI is InChI=1S/C34H49ClN2O2S.BrH/c1-3-4-5-6-7-8-9-10-11-12-13-14-23-39-34-26-30(18-19-33(34)35)20-21-37(29(2)38)32-17-15-16-31(25-32)27-36-22-24-40-28-36;/h15-19,22,24-26H,3-14,20-21,23,27-28H2,1-2H3;1H. The van der Waals surface area contributed by atoms with Crippen LogP contribution in [0.2, 0.25) is 5.02 Å². The summed E-state index contributed by atoms with van der Waals surface area (Å²) in [5.41, 5.74) is 3.27. The topological polar surface area (TPSA) is 32.8 Å². The van der Waals surface area contributed by atoms with Crippen LogP contribution < -0.4 is 9.64 Å². The number of halogens is 2. The first-order valence-corrected chi connectivity index (χ1v) is 16.8. The summed E-state index contributed by atoms with van der Waals surface area (Å²) in [5, 5.41) is 2.77. The van der Waals surface area contributed by atoms with Crippen LogP contribution in [0.4, 0.5) is 5.69 Å². The minimum Gasteiger partial charge on any atom is -0.492 e. The van der Waals surface area contributed by atoms with Crippen LogP contribution in [0.1, 0.15) is 102 Å². The van der Waals surface area contributed by atoms with Crippen molar-refractivity contribution in [1.82, 2.24) is 4.90 Å². The smallest absolute Gasteiger partial charge is 0.223 e. The number of thioether (sulfide) groups is 1. The average molecular weight is 666 g/mol. The Kier molecular flexibility index (Phi) is 18.3. The Bertz CT molecular complexity index is 1050. The number of amides is 1. The molecule has 4 nitrogen and oxygen atoms in total.